The summed E-state index contributed by atoms with van der Waals surface area (Å²) in [5.41, 5.74) is 0.642. The Kier molecular flexibility index (Phi) is 4.76. The van der Waals surface area contributed by atoms with Crippen LogP contribution in [0.2, 0.25) is 10.0 Å². The van der Waals surface area contributed by atoms with Gasteiger partial charge in [-0.05, 0) is 24.6 Å². The molecule has 0 bridgehead atoms. The third-order valence-corrected chi connectivity index (χ3v) is 2.85. The second kappa shape index (κ2) is 6.54. The molecule has 0 unspecified atom stereocenters. The molecule has 0 aliphatic rings. The van der Waals surface area contributed by atoms with Crippen molar-refractivity contribution in [2.75, 3.05) is 17.2 Å². The molecule has 100 valence electrons. The highest BCUT2D eigenvalue weighted by molar-refractivity contribution is 6.35. The lowest BCUT2D eigenvalue weighted by atomic mass is 10.3. The summed E-state index contributed by atoms with van der Waals surface area (Å²) in [5.74, 6) is 1.03. The van der Waals surface area contributed by atoms with E-state index < -0.39 is 0 Å². The number of hydrogen-bond acceptors (Lipinski definition) is 5. The van der Waals surface area contributed by atoms with Gasteiger partial charge in [0.2, 0.25) is 5.95 Å². The Hall–Kier alpha value is -1.59. The molecule has 0 aliphatic heterocycles. The highest BCUT2D eigenvalue weighted by Gasteiger charge is 2.05. The summed E-state index contributed by atoms with van der Waals surface area (Å²) in [6.45, 7) is 2.91. The van der Waals surface area contributed by atoms with Crippen LogP contribution in [0.25, 0.3) is 0 Å². The van der Waals surface area contributed by atoms with Crippen LogP contribution in [0.1, 0.15) is 13.3 Å². The first-order valence-electron chi connectivity index (χ1n) is 5.84. The number of hydrogen-bond donors (Lipinski definition) is 2. The normalized spacial score (nSPS) is 10.3. The van der Waals surface area contributed by atoms with Gasteiger partial charge in [-0.3, -0.25) is 0 Å². The fourth-order valence-electron chi connectivity index (χ4n) is 1.41. The van der Waals surface area contributed by atoms with Crippen LogP contribution in [-0.4, -0.2) is 21.7 Å². The number of rotatable bonds is 5. The van der Waals surface area contributed by atoms with E-state index in [2.05, 4.69) is 32.7 Å². The van der Waals surface area contributed by atoms with E-state index in [0.717, 1.165) is 13.0 Å². The number of nitrogens with one attached hydrogen (secondary N) is 2. The van der Waals surface area contributed by atoms with Crippen LogP contribution < -0.4 is 10.6 Å². The van der Waals surface area contributed by atoms with E-state index in [1.54, 1.807) is 24.4 Å². The molecule has 1 aromatic heterocycles. The molecule has 0 saturated carbocycles. The standard InChI is InChI=1S/C12H13Cl2N5/c1-2-5-15-11-7-16-19-12(18-11)17-10-6-8(13)3-4-9(10)14/h3-4,6-7H,2,5H2,1H3,(H2,15,17,18,19). The molecule has 0 saturated heterocycles. The van der Waals surface area contributed by atoms with Crippen molar-refractivity contribution in [2.45, 2.75) is 13.3 Å². The smallest absolute Gasteiger partial charge is 0.249 e. The van der Waals surface area contributed by atoms with Crippen molar-refractivity contribution in [3.63, 3.8) is 0 Å². The molecule has 2 rings (SSSR count). The minimum atomic E-state index is 0.366. The van der Waals surface area contributed by atoms with Crippen LogP contribution in [0, 0.1) is 0 Å². The van der Waals surface area contributed by atoms with Gasteiger partial charge in [0.1, 0.15) is 0 Å². The number of benzene rings is 1. The zero-order chi connectivity index (χ0) is 13.7. The number of aromatic nitrogens is 3. The summed E-state index contributed by atoms with van der Waals surface area (Å²) < 4.78 is 0. The van der Waals surface area contributed by atoms with Crippen LogP contribution in [0.4, 0.5) is 17.5 Å². The molecule has 0 radical (unpaired) electrons. The molecular weight excluding hydrogens is 285 g/mol. The third kappa shape index (κ3) is 3.94. The van der Waals surface area contributed by atoms with Gasteiger partial charge in [0, 0.05) is 11.6 Å². The van der Waals surface area contributed by atoms with Gasteiger partial charge in [-0.25, -0.2) is 0 Å². The first-order chi connectivity index (χ1) is 9.19. The van der Waals surface area contributed by atoms with E-state index in [0.29, 0.717) is 27.5 Å². The molecule has 7 heteroatoms. The minimum Gasteiger partial charge on any atom is -0.369 e. The average Bonchev–Trinajstić information content (AvgIpc) is 2.41. The topological polar surface area (TPSA) is 62.7 Å². The van der Waals surface area contributed by atoms with Crippen molar-refractivity contribution in [2.24, 2.45) is 0 Å². The van der Waals surface area contributed by atoms with Gasteiger partial charge in [0.05, 0.1) is 16.9 Å². The monoisotopic (exact) mass is 297 g/mol. The SMILES string of the molecule is CCCNc1cnnc(Nc2cc(Cl)ccc2Cl)n1. The van der Waals surface area contributed by atoms with E-state index in [-0.39, 0.29) is 0 Å². The molecule has 0 amide bonds. The molecule has 1 aromatic carbocycles. The summed E-state index contributed by atoms with van der Waals surface area (Å²) in [4.78, 5) is 4.28. The maximum absolute atomic E-state index is 6.06. The van der Waals surface area contributed by atoms with E-state index in [4.69, 9.17) is 23.2 Å². The third-order valence-electron chi connectivity index (χ3n) is 2.29. The summed E-state index contributed by atoms with van der Waals surface area (Å²) in [7, 11) is 0. The van der Waals surface area contributed by atoms with E-state index >= 15 is 0 Å². The van der Waals surface area contributed by atoms with Crippen LogP contribution in [-0.2, 0) is 0 Å². The van der Waals surface area contributed by atoms with Crippen LogP contribution in [0.3, 0.4) is 0 Å². The Morgan fingerprint density at radius 3 is 2.89 bits per heavy atom. The molecule has 1 heterocycles. The second-order valence-electron chi connectivity index (χ2n) is 3.84. The van der Waals surface area contributed by atoms with E-state index in [9.17, 15) is 0 Å². The molecule has 2 aromatic rings. The average molecular weight is 298 g/mol. The van der Waals surface area contributed by atoms with Gasteiger partial charge < -0.3 is 10.6 Å². The number of halogens is 2. The molecule has 2 N–H and O–H groups in total. The molecule has 0 atom stereocenters. The van der Waals surface area contributed by atoms with Gasteiger partial charge in [-0.1, -0.05) is 30.1 Å². The van der Waals surface area contributed by atoms with Crippen LogP contribution in [0.15, 0.2) is 24.4 Å². The van der Waals surface area contributed by atoms with Crippen LogP contribution >= 0.6 is 23.2 Å². The minimum absolute atomic E-state index is 0.366. The zero-order valence-electron chi connectivity index (χ0n) is 10.3. The first-order valence-corrected chi connectivity index (χ1v) is 6.60. The van der Waals surface area contributed by atoms with Crippen LogP contribution in [0.5, 0.6) is 0 Å². The number of anilines is 3. The predicted molar refractivity (Wildman–Crippen MR) is 78.4 cm³/mol. The first kappa shape index (κ1) is 13.8. The van der Waals surface area contributed by atoms with Crippen molar-refractivity contribution in [3.05, 3.63) is 34.4 Å². The molecule has 0 fully saturated rings. The maximum Gasteiger partial charge on any atom is 0.249 e. The van der Waals surface area contributed by atoms with Gasteiger partial charge in [0.15, 0.2) is 5.82 Å². The van der Waals surface area contributed by atoms with E-state index in [1.165, 1.54) is 0 Å². The van der Waals surface area contributed by atoms with Gasteiger partial charge in [0.25, 0.3) is 0 Å². The quantitative estimate of drug-likeness (QED) is 0.880. The summed E-state index contributed by atoms with van der Waals surface area (Å²) in [5, 5.41) is 15.0. The maximum atomic E-state index is 6.06. The molecule has 0 spiro atoms. The van der Waals surface area contributed by atoms with Gasteiger partial charge >= 0.3 is 0 Å². The molecule has 0 aliphatic carbocycles. The second-order valence-corrected chi connectivity index (χ2v) is 4.68. The Morgan fingerprint density at radius 2 is 2.11 bits per heavy atom. The lowest BCUT2D eigenvalue weighted by molar-refractivity contribution is 0.935. The fraction of sp³-hybridized carbons (Fsp3) is 0.250. The molecular formula is C12H13Cl2N5. The largest absolute Gasteiger partial charge is 0.369 e. The number of nitrogens with zero attached hydrogens (tertiary/aromatic N) is 3. The lowest BCUT2D eigenvalue weighted by Gasteiger charge is -2.08. The van der Waals surface area contributed by atoms with Crippen molar-refractivity contribution in [1.29, 1.82) is 0 Å². The fourth-order valence-corrected chi connectivity index (χ4v) is 1.75. The molecule has 5 nitrogen and oxygen atoms in total. The Morgan fingerprint density at radius 1 is 1.26 bits per heavy atom. The highest BCUT2D eigenvalue weighted by atomic mass is 35.5. The van der Waals surface area contributed by atoms with Gasteiger partial charge in [-0.15, -0.1) is 5.10 Å². The van der Waals surface area contributed by atoms with Crippen molar-refractivity contribution >= 4 is 40.7 Å². The summed E-state index contributed by atoms with van der Waals surface area (Å²) in [6, 6.07) is 5.13. The van der Waals surface area contributed by atoms with Crippen molar-refractivity contribution in [1.82, 2.24) is 15.2 Å². The zero-order valence-corrected chi connectivity index (χ0v) is 11.8. The van der Waals surface area contributed by atoms with Crippen molar-refractivity contribution in [3.8, 4) is 0 Å². The predicted octanol–water partition coefficient (Wildman–Crippen LogP) is 3.74. The molecule has 19 heavy (non-hydrogen) atoms. The van der Waals surface area contributed by atoms with E-state index in [1.807, 2.05) is 0 Å². The Bertz CT molecular complexity index is 562. The highest BCUT2D eigenvalue weighted by Crippen LogP contribution is 2.27. The Balaban J connectivity index is 2.16. The summed E-state index contributed by atoms with van der Waals surface area (Å²) in [6.07, 6.45) is 2.58. The van der Waals surface area contributed by atoms with Gasteiger partial charge in [-0.2, -0.15) is 10.1 Å². The Labute approximate surface area is 121 Å². The summed E-state index contributed by atoms with van der Waals surface area (Å²) >= 11 is 12.0. The lowest BCUT2D eigenvalue weighted by Crippen LogP contribution is -2.06. The van der Waals surface area contributed by atoms with Crippen molar-refractivity contribution < 1.29 is 0 Å².